The Morgan fingerprint density at radius 3 is 2.36 bits per heavy atom. The third-order valence-electron chi connectivity index (χ3n) is 7.62. The number of nitriles is 2. The average molecular weight is 632 g/mol. The molecule has 4 rings (SSSR count). The average Bonchev–Trinajstić information content (AvgIpc) is 3.64. The SMILES string of the molecule is COc1ccc(C#N)cc1[C@H](Cn1c(=O)n(C(C)(C)C(=O)CC(C)C)c(=O)c2c(C)c(-n3nccn3)sc21)OCC(C)(C)C#N. The molecule has 12 nitrogen and oxygen atoms in total. The summed E-state index contributed by atoms with van der Waals surface area (Å²) in [5.74, 6) is 0.180. The predicted molar refractivity (Wildman–Crippen MR) is 170 cm³/mol. The van der Waals surface area contributed by atoms with E-state index >= 15 is 0 Å². The number of carbonyl (C=O) groups is 1. The molecule has 0 aliphatic rings. The van der Waals surface area contributed by atoms with Gasteiger partial charge in [0.2, 0.25) is 0 Å². The van der Waals surface area contributed by atoms with E-state index in [1.807, 2.05) is 13.8 Å². The lowest BCUT2D eigenvalue weighted by Gasteiger charge is -2.29. The van der Waals surface area contributed by atoms with E-state index in [0.29, 0.717) is 32.3 Å². The van der Waals surface area contributed by atoms with E-state index < -0.39 is 28.3 Å². The van der Waals surface area contributed by atoms with Gasteiger partial charge >= 0.3 is 5.69 Å². The minimum absolute atomic E-state index is 0.00404. The number of hydrogen-bond acceptors (Lipinski definition) is 10. The molecule has 0 amide bonds. The molecular formula is C32H37N7O5S. The van der Waals surface area contributed by atoms with E-state index in [-0.39, 0.29) is 36.7 Å². The fourth-order valence-corrected chi connectivity index (χ4v) is 6.27. The van der Waals surface area contributed by atoms with E-state index in [1.165, 1.54) is 40.2 Å². The summed E-state index contributed by atoms with van der Waals surface area (Å²) in [5.41, 5.74) is -2.24. The number of aryl methyl sites for hydroxylation is 1. The second-order valence-electron chi connectivity index (χ2n) is 12.5. The molecule has 0 fully saturated rings. The van der Waals surface area contributed by atoms with Gasteiger partial charge in [-0.3, -0.25) is 14.2 Å². The van der Waals surface area contributed by atoms with Crippen LogP contribution < -0.4 is 16.0 Å². The first kappa shape index (κ1) is 33.3. The zero-order valence-electron chi connectivity index (χ0n) is 26.7. The van der Waals surface area contributed by atoms with Crippen molar-refractivity contribution in [2.75, 3.05) is 13.7 Å². The van der Waals surface area contributed by atoms with Gasteiger partial charge in [-0.05, 0) is 58.7 Å². The number of fused-ring (bicyclic) bond motifs is 1. The maximum absolute atomic E-state index is 14.5. The first-order chi connectivity index (χ1) is 21.2. The fourth-order valence-electron chi connectivity index (χ4n) is 5.05. The molecule has 3 heterocycles. The Morgan fingerprint density at radius 2 is 1.78 bits per heavy atom. The van der Waals surface area contributed by atoms with Crippen LogP contribution in [0.3, 0.4) is 0 Å². The van der Waals surface area contributed by atoms with E-state index in [9.17, 15) is 24.9 Å². The van der Waals surface area contributed by atoms with Crippen LogP contribution in [-0.4, -0.2) is 43.6 Å². The number of hydrogen-bond donors (Lipinski definition) is 0. The summed E-state index contributed by atoms with van der Waals surface area (Å²) in [5, 5.41) is 28.6. The Bertz CT molecular complexity index is 1940. The Balaban J connectivity index is 2.05. The molecule has 0 saturated carbocycles. The van der Waals surface area contributed by atoms with Gasteiger partial charge in [0, 0.05) is 17.5 Å². The van der Waals surface area contributed by atoms with Crippen LogP contribution in [0.4, 0.5) is 0 Å². The molecule has 0 aliphatic heterocycles. The van der Waals surface area contributed by atoms with Crippen molar-refractivity contribution >= 4 is 27.3 Å². The van der Waals surface area contributed by atoms with Crippen LogP contribution in [0.5, 0.6) is 5.75 Å². The summed E-state index contributed by atoms with van der Waals surface area (Å²) in [6.45, 7) is 12.0. The van der Waals surface area contributed by atoms with Gasteiger partial charge in [0.1, 0.15) is 27.2 Å². The Morgan fingerprint density at radius 1 is 1.11 bits per heavy atom. The zero-order chi connectivity index (χ0) is 33.3. The first-order valence-electron chi connectivity index (χ1n) is 14.5. The van der Waals surface area contributed by atoms with E-state index in [0.717, 1.165) is 4.57 Å². The lowest BCUT2D eigenvalue weighted by molar-refractivity contribution is -0.127. The van der Waals surface area contributed by atoms with Gasteiger partial charge in [-0.2, -0.15) is 20.7 Å². The standard InChI is InChI=1S/C32H37N7O5S/c1-19(2)13-25(40)32(6,7)38-27(41)26-20(3)28(39-35-11-12-36-39)45-29(26)37(30(38)42)16-24(44-18-31(4,5)17-34)22-14-21(15-33)9-10-23(22)43-8/h9-12,14,19,24H,13,16,18H2,1-8H3/t24-/m0/s1. The number of thiophene rings is 1. The van der Waals surface area contributed by atoms with Crippen molar-refractivity contribution in [2.45, 2.75) is 73.1 Å². The van der Waals surface area contributed by atoms with Crippen LogP contribution in [0, 0.1) is 40.9 Å². The Hall–Kier alpha value is -4.59. The van der Waals surface area contributed by atoms with Crippen LogP contribution in [0.2, 0.25) is 0 Å². The van der Waals surface area contributed by atoms with Crippen LogP contribution in [0.25, 0.3) is 15.2 Å². The topological polar surface area (TPSA) is 158 Å². The summed E-state index contributed by atoms with van der Waals surface area (Å²) in [4.78, 5) is 44.0. The number of methoxy groups -OCH3 is 1. The maximum Gasteiger partial charge on any atom is 0.333 e. The molecule has 1 atom stereocenters. The molecule has 0 unspecified atom stereocenters. The number of Topliss-reactive ketones (excluding diaryl/α,β-unsaturated/α-hetero) is 1. The summed E-state index contributed by atoms with van der Waals surface area (Å²) in [7, 11) is 1.49. The van der Waals surface area contributed by atoms with Crippen LogP contribution in [0.15, 0.2) is 40.2 Å². The highest BCUT2D eigenvalue weighted by Gasteiger charge is 2.36. The number of aromatic nitrogens is 5. The molecule has 236 valence electrons. The molecule has 0 spiro atoms. The molecule has 4 aromatic rings. The molecule has 45 heavy (non-hydrogen) atoms. The Kier molecular flexibility index (Phi) is 9.47. The highest BCUT2D eigenvalue weighted by atomic mass is 32.1. The van der Waals surface area contributed by atoms with Crippen molar-refractivity contribution in [3.05, 3.63) is 68.1 Å². The van der Waals surface area contributed by atoms with Crippen molar-refractivity contribution in [3.8, 4) is 22.9 Å². The quantitative estimate of drug-likeness (QED) is 0.217. The minimum Gasteiger partial charge on any atom is -0.496 e. The van der Waals surface area contributed by atoms with Gasteiger partial charge in [0.15, 0.2) is 5.78 Å². The minimum atomic E-state index is -1.47. The molecule has 3 aromatic heterocycles. The van der Waals surface area contributed by atoms with Crippen molar-refractivity contribution in [2.24, 2.45) is 11.3 Å². The van der Waals surface area contributed by atoms with Gasteiger partial charge in [-0.1, -0.05) is 25.2 Å². The maximum atomic E-state index is 14.5. The van der Waals surface area contributed by atoms with E-state index in [1.54, 1.807) is 52.8 Å². The van der Waals surface area contributed by atoms with Crippen molar-refractivity contribution in [1.82, 2.24) is 24.1 Å². The van der Waals surface area contributed by atoms with Gasteiger partial charge in [0.25, 0.3) is 5.56 Å². The fraction of sp³-hybridized carbons (Fsp3) is 0.469. The molecule has 0 aliphatic carbocycles. The summed E-state index contributed by atoms with van der Waals surface area (Å²) in [6.07, 6.45) is 2.31. The predicted octanol–water partition coefficient (Wildman–Crippen LogP) is 4.65. The normalized spacial score (nSPS) is 12.7. The number of rotatable bonds is 12. The monoisotopic (exact) mass is 631 g/mol. The molecule has 13 heteroatoms. The second kappa shape index (κ2) is 12.8. The highest BCUT2D eigenvalue weighted by molar-refractivity contribution is 7.21. The molecule has 0 N–H and O–H groups in total. The number of nitrogens with zero attached hydrogens (tertiary/aromatic N) is 7. The lowest BCUT2D eigenvalue weighted by Crippen LogP contribution is -2.53. The number of ether oxygens (including phenoxy) is 2. The number of ketones is 1. The smallest absolute Gasteiger partial charge is 0.333 e. The van der Waals surface area contributed by atoms with Gasteiger partial charge in [-0.25, -0.2) is 9.36 Å². The number of carbonyl (C=O) groups excluding carboxylic acids is 1. The van der Waals surface area contributed by atoms with Gasteiger partial charge in [0.05, 0.1) is 61.2 Å². The molecule has 0 bridgehead atoms. The largest absolute Gasteiger partial charge is 0.496 e. The molecule has 0 saturated heterocycles. The third kappa shape index (κ3) is 6.46. The van der Waals surface area contributed by atoms with Crippen LogP contribution in [0.1, 0.15) is 70.8 Å². The van der Waals surface area contributed by atoms with Crippen LogP contribution in [-0.2, 0) is 21.6 Å². The van der Waals surface area contributed by atoms with Crippen LogP contribution >= 0.6 is 11.3 Å². The Labute approximate surface area is 265 Å². The summed E-state index contributed by atoms with van der Waals surface area (Å²) < 4.78 is 14.4. The highest BCUT2D eigenvalue weighted by Crippen LogP contribution is 2.35. The summed E-state index contributed by atoms with van der Waals surface area (Å²) >= 11 is 1.17. The summed E-state index contributed by atoms with van der Waals surface area (Å²) in [6, 6.07) is 9.22. The lowest BCUT2D eigenvalue weighted by atomic mass is 9.91. The zero-order valence-corrected chi connectivity index (χ0v) is 27.6. The van der Waals surface area contributed by atoms with E-state index in [4.69, 9.17) is 9.47 Å². The number of benzene rings is 1. The second-order valence-corrected chi connectivity index (χ2v) is 13.5. The van der Waals surface area contributed by atoms with Gasteiger partial charge in [-0.15, -0.1) is 4.80 Å². The van der Waals surface area contributed by atoms with E-state index in [2.05, 4.69) is 22.3 Å². The molecular weight excluding hydrogens is 594 g/mol. The molecule has 0 radical (unpaired) electrons. The first-order valence-corrected chi connectivity index (χ1v) is 15.3. The van der Waals surface area contributed by atoms with Crippen molar-refractivity contribution in [1.29, 1.82) is 10.5 Å². The molecule has 1 aromatic carbocycles. The van der Waals surface area contributed by atoms with Crippen molar-refractivity contribution < 1.29 is 14.3 Å². The third-order valence-corrected chi connectivity index (χ3v) is 8.91. The van der Waals surface area contributed by atoms with Crippen molar-refractivity contribution in [3.63, 3.8) is 0 Å². The van der Waals surface area contributed by atoms with Gasteiger partial charge < -0.3 is 9.47 Å².